The molecule has 2 aromatic heterocycles. The Morgan fingerprint density at radius 2 is 1.95 bits per heavy atom. The molecule has 0 aliphatic rings. The van der Waals surface area contributed by atoms with E-state index in [9.17, 15) is 0 Å². The summed E-state index contributed by atoms with van der Waals surface area (Å²) >= 11 is 0. The van der Waals surface area contributed by atoms with Crippen LogP contribution in [0.25, 0.3) is 16.6 Å². The molecule has 4 heteroatoms. The normalized spacial score (nSPS) is 11.1. The number of hydrogen-bond acceptors (Lipinski definition) is 3. The Morgan fingerprint density at radius 3 is 2.74 bits per heavy atom. The molecule has 0 aliphatic heterocycles. The third-order valence-corrected chi connectivity index (χ3v) is 3.31. The van der Waals surface area contributed by atoms with E-state index in [1.54, 1.807) is 6.20 Å². The largest absolute Gasteiger partial charge is 0.235 e. The summed E-state index contributed by atoms with van der Waals surface area (Å²) < 4.78 is 2.00. The van der Waals surface area contributed by atoms with Gasteiger partial charge in [-0.05, 0) is 25.0 Å². The fourth-order valence-corrected chi connectivity index (χ4v) is 2.27. The van der Waals surface area contributed by atoms with Gasteiger partial charge >= 0.3 is 0 Å². The molecule has 1 aromatic carbocycles. The molecule has 96 valence electrons. The van der Waals surface area contributed by atoms with E-state index in [0.29, 0.717) is 0 Å². The Labute approximate surface area is 112 Å². The van der Waals surface area contributed by atoms with Gasteiger partial charge in [0.1, 0.15) is 0 Å². The van der Waals surface area contributed by atoms with E-state index in [1.165, 1.54) is 5.69 Å². The first-order chi connectivity index (χ1) is 9.33. The van der Waals surface area contributed by atoms with Crippen LogP contribution < -0.4 is 0 Å². The van der Waals surface area contributed by atoms with E-state index in [2.05, 4.69) is 41.3 Å². The molecule has 2 heterocycles. The molecular formula is C15H16N4. The van der Waals surface area contributed by atoms with E-state index < -0.39 is 0 Å². The van der Waals surface area contributed by atoms with Crippen molar-refractivity contribution < 1.29 is 0 Å². The highest BCUT2D eigenvalue weighted by Gasteiger charge is 2.10. The standard InChI is InChI=1S/C15H16N4/c1-3-11-9-12(4-2)19(18-11)15-10-16-17-14-8-6-5-7-13(14)15/h5-10H,3-4H2,1-2H3. The van der Waals surface area contributed by atoms with E-state index >= 15 is 0 Å². The molecule has 0 amide bonds. The lowest BCUT2D eigenvalue weighted by atomic mass is 10.2. The minimum Gasteiger partial charge on any atom is -0.235 e. The van der Waals surface area contributed by atoms with Gasteiger partial charge in [0.15, 0.2) is 0 Å². The first-order valence-corrected chi connectivity index (χ1v) is 6.62. The predicted octanol–water partition coefficient (Wildman–Crippen LogP) is 2.94. The molecule has 3 aromatic rings. The van der Waals surface area contributed by atoms with Crippen LogP contribution in [0.15, 0.2) is 36.5 Å². The Hall–Kier alpha value is -2.23. The second-order valence-electron chi connectivity index (χ2n) is 4.49. The average Bonchev–Trinajstić information content (AvgIpc) is 2.90. The first kappa shape index (κ1) is 11.8. The zero-order chi connectivity index (χ0) is 13.2. The summed E-state index contributed by atoms with van der Waals surface area (Å²) in [6.07, 6.45) is 3.67. The molecule has 0 aliphatic carbocycles. The van der Waals surface area contributed by atoms with E-state index in [4.69, 9.17) is 0 Å². The monoisotopic (exact) mass is 252 g/mol. The SMILES string of the molecule is CCc1cc(CC)n(-c2cnnc3ccccc23)n1. The van der Waals surface area contributed by atoms with Crippen LogP contribution in [0.1, 0.15) is 25.2 Å². The molecule has 0 spiro atoms. The maximum Gasteiger partial charge on any atom is 0.0951 e. The number of aromatic nitrogens is 4. The molecule has 0 bridgehead atoms. The summed E-state index contributed by atoms with van der Waals surface area (Å²) in [6.45, 7) is 4.26. The minimum absolute atomic E-state index is 0.899. The molecule has 0 atom stereocenters. The molecule has 0 N–H and O–H groups in total. The van der Waals surface area contributed by atoms with Gasteiger partial charge in [0, 0.05) is 11.1 Å². The third-order valence-electron chi connectivity index (χ3n) is 3.31. The van der Waals surface area contributed by atoms with Crippen molar-refractivity contribution in [2.75, 3.05) is 0 Å². The van der Waals surface area contributed by atoms with Crippen molar-refractivity contribution in [3.8, 4) is 5.69 Å². The van der Waals surface area contributed by atoms with Gasteiger partial charge in [-0.25, -0.2) is 4.68 Å². The Bertz CT molecular complexity index is 710. The first-order valence-electron chi connectivity index (χ1n) is 6.62. The van der Waals surface area contributed by atoms with Crippen LogP contribution in [0.2, 0.25) is 0 Å². The molecule has 0 unspecified atom stereocenters. The van der Waals surface area contributed by atoms with Gasteiger partial charge in [0.2, 0.25) is 0 Å². The number of fused-ring (bicyclic) bond motifs is 1. The maximum absolute atomic E-state index is 4.67. The Balaban J connectivity index is 2.27. The smallest absolute Gasteiger partial charge is 0.0951 e. The highest BCUT2D eigenvalue weighted by atomic mass is 15.3. The van der Waals surface area contributed by atoms with Crippen molar-refractivity contribution in [3.05, 3.63) is 47.9 Å². The summed E-state index contributed by atoms with van der Waals surface area (Å²) in [5.41, 5.74) is 4.21. The minimum atomic E-state index is 0.899. The van der Waals surface area contributed by atoms with Crippen molar-refractivity contribution in [1.82, 2.24) is 20.0 Å². The number of nitrogens with zero attached hydrogens (tertiary/aromatic N) is 4. The topological polar surface area (TPSA) is 43.6 Å². The van der Waals surface area contributed by atoms with Crippen molar-refractivity contribution in [2.24, 2.45) is 0 Å². The molecule has 19 heavy (non-hydrogen) atoms. The van der Waals surface area contributed by atoms with Crippen LogP contribution in [-0.4, -0.2) is 20.0 Å². The van der Waals surface area contributed by atoms with E-state index in [-0.39, 0.29) is 0 Å². The van der Waals surface area contributed by atoms with Gasteiger partial charge in [-0.1, -0.05) is 32.0 Å². The zero-order valence-electron chi connectivity index (χ0n) is 11.2. The molecule has 0 saturated carbocycles. The Kier molecular flexibility index (Phi) is 2.99. The van der Waals surface area contributed by atoms with Crippen LogP contribution >= 0.6 is 0 Å². The number of hydrogen-bond donors (Lipinski definition) is 0. The third kappa shape index (κ3) is 1.99. The van der Waals surface area contributed by atoms with Crippen molar-refractivity contribution in [3.63, 3.8) is 0 Å². The summed E-state index contributed by atoms with van der Waals surface area (Å²) in [4.78, 5) is 0. The van der Waals surface area contributed by atoms with E-state index in [1.807, 2.05) is 22.9 Å². The molecule has 3 rings (SSSR count). The molecule has 0 saturated heterocycles. The van der Waals surface area contributed by atoms with Gasteiger partial charge in [0.05, 0.1) is 23.1 Å². The van der Waals surface area contributed by atoms with Crippen molar-refractivity contribution in [2.45, 2.75) is 26.7 Å². The average molecular weight is 252 g/mol. The summed E-state index contributed by atoms with van der Waals surface area (Å²) in [7, 11) is 0. The molecule has 0 fully saturated rings. The van der Waals surface area contributed by atoms with Crippen LogP contribution in [0.5, 0.6) is 0 Å². The zero-order valence-corrected chi connectivity index (χ0v) is 11.2. The van der Waals surface area contributed by atoms with E-state index in [0.717, 1.165) is 35.1 Å². The Morgan fingerprint density at radius 1 is 1.11 bits per heavy atom. The van der Waals surface area contributed by atoms with Crippen molar-refractivity contribution >= 4 is 10.9 Å². The summed E-state index contributed by atoms with van der Waals surface area (Å²) in [5.74, 6) is 0. The second kappa shape index (κ2) is 4.80. The highest BCUT2D eigenvalue weighted by molar-refractivity contribution is 5.86. The predicted molar refractivity (Wildman–Crippen MR) is 75.4 cm³/mol. The maximum atomic E-state index is 4.67. The number of benzene rings is 1. The van der Waals surface area contributed by atoms with Gasteiger partial charge < -0.3 is 0 Å². The fraction of sp³-hybridized carbons (Fsp3) is 0.267. The summed E-state index contributed by atoms with van der Waals surface area (Å²) in [5, 5.41) is 14.0. The number of rotatable bonds is 3. The van der Waals surface area contributed by atoms with Gasteiger partial charge in [-0.2, -0.15) is 15.3 Å². The lowest BCUT2D eigenvalue weighted by molar-refractivity contribution is 0.792. The lowest BCUT2D eigenvalue weighted by Gasteiger charge is -2.08. The van der Waals surface area contributed by atoms with Gasteiger partial charge in [-0.3, -0.25) is 0 Å². The van der Waals surface area contributed by atoms with Crippen LogP contribution in [0.3, 0.4) is 0 Å². The lowest BCUT2D eigenvalue weighted by Crippen LogP contribution is -2.04. The summed E-state index contributed by atoms with van der Waals surface area (Å²) in [6, 6.07) is 10.2. The van der Waals surface area contributed by atoms with Gasteiger partial charge in [-0.15, -0.1) is 0 Å². The van der Waals surface area contributed by atoms with Crippen LogP contribution in [0, 0.1) is 0 Å². The fourth-order valence-electron chi connectivity index (χ4n) is 2.27. The quantitative estimate of drug-likeness (QED) is 0.719. The molecule has 0 radical (unpaired) electrons. The van der Waals surface area contributed by atoms with Crippen LogP contribution in [0.4, 0.5) is 0 Å². The van der Waals surface area contributed by atoms with Crippen molar-refractivity contribution in [1.29, 1.82) is 0 Å². The second-order valence-corrected chi connectivity index (χ2v) is 4.49. The highest BCUT2D eigenvalue weighted by Crippen LogP contribution is 2.21. The number of aryl methyl sites for hydroxylation is 2. The molecular weight excluding hydrogens is 236 g/mol. The van der Waals surface area contributed by atoms with Crippen LogP contribution in [-0.2, 0) is 12.8 Å². The molecule has 4 nitrogen and oxygen atoms in total. The van der Waals surface area contributed by atoms with Gasteiger partial charge in [0.25, 0.3) is 0 Å².